The van der Waals surface area contributed by atoms with Crippen LogP contribution in [0.1, 0.15) is 12.6 Å². The first-order valence-corrected chi connectivity index (χ1v) is 9.48. The Kier molecular flexibility index (Phi) is 3.60. The van der Waals surface area contributed by atoms with Gasteiger partial charge in [-0.1, -0.05) is 0 Å². The van der Waals surface area contributed by atoms with Crippen LogP contribution < -0.4 is 5.01 Å². The van der Waals surface area contributed by atoms with Crippen molar-refractivity contribution in [2.45, 2.75) is 24.1 Å². The Morgan fingerprint density at radius 2 is 2.28 bits per heavy atom. The number of rotatable bonds is 3. The van der Waals surface area contributed by atoms with E-state index >= 15 is 0 Å². The Morgan fingerprint density at radius 1 is 1.61 bits per heavy atom. The lowest BCUT2D eigenvalue weighted by atomic mass is 10.6. The standard InChI is InChI=1S/C11H19N3O2PS/c1-6-16-11(15)17(4,5)10-13(3)14-7-8(2)12-9(14)18-10/h7,10H,6H2,1-5H3/q+1. The zero-order chi connectivity index (χ0) is 13.5. The van der Waals surface area contributed by atoms with Crippen molar-refractivity contribution in [3.8, 4) is 0 Å². The molecule has 1 aliphatic rings. The molecule has 2 rings (SSSR count). The summed E-state index contributed by atoms with van der Waals surface area (Å²) in [6.45, 7) is 8.31. The van der Waals surface area contributed by atoms with E-state index in [0.29, 0.717) is 6.61 Å². The summed E-state index contributed by atoms with van der Waals surface area (Å²) < 4.78 is 7.23. The van der Waals surface area contributed by atoms with E-state index < -0.39 is 7.26 Å². The van der Waals surface area contributed by atoms with Gasteiger partial charge in [0.1, 0.15) is 0 Å². The molecule has 0 amide bonds. The van der Waals surface area contributed by atoms with Crippen molar-refractivity contribution in [3.05, 3.63) is 11.9 Å². The molecule has 2 heterocycles. The SMILES string of the molecule is CCOC(=O)[P+](C)(C)C1Sc2nc(C)cn2N1C. The lowest BCUT2D eigenvalue weighted by molar-refractivity contribution is 0.179. The van der Waals surface area contributed by atoms with Crippen molar-refractivity contribution in [2.75, 3.05) is 32.0 Å². The highest BCUT2D eigenvalue weighted by Gasteiger charge is 2.53. The van der Waals surface area contributed by atoms with Crippen molar-refractivity contribution >= 4 is 24.7 Å². The van der Waals surface area contributed by atoms with Crippen LogP contribution in [0.15, 0.2) is 11.4 Å². The number of ether oxygens (including phenoxy) is 1. The molecular weight excluding hydrogens is 269 g/mol. The average molecular weight is 288 g/mol. The second-order valence-electron chi connectivity index (χ2n) is 4.77. The second kappa shape index (κ2) is 4.74. The number of aromatic nitrogens is 2. The molecule has 0 aromatic carbocycles. The largest absolute Gasteiger partial charge is 0.453 e. The molecule has 5 nitrogen and oxygen atoms in total. The van der Waals surface area contributed by atoms with Crippen LogP contribution in [0.3, 0.4) is 0 Å². The van der Waals surface area contributed by atoms with Crippen molar-refractivity contribution in [1.29, 1.82) is 0 Å². The number of nitrogens with zero attached hydrogens (tertiary/aromatic N) is 3. The number of imidazole rings is 1. The summed E-state index contributed by atoms with van der Waals surface area (Å²) >= 11 is 1.65. The van der Waals surface area contributed by atoms with Gasteiger partial charge in [0.05, 0.1) is 31.8 Å². The summed E-state index contributed by atoms with van der Waals surface area (Å²) in [5.74, 6) is 0. The van der Waals surface area contributed by atoms with Gasteiger partial charge in [0.2, 0.25) is 5.11 Å². The fraction of sp³-hybridized carbons (Fsp3) is 0.636. The third kappa shape index (κ3) is 2.12. The molecule has 0 spiro atoms. The monoisotopic (exact) mass is 288 g/mol. The molecule has 1 unspecified atom stereocenters. The lowest BCUT2D eigenvalue weighted by Gasteiger charge is -2.27. The Morgan fingerprint density at radius 3 is 2.83 bits per heavy atom. The number of carbonyl (C=O) groups excluding carboxylic acids is 1. The van der Waals surface area contributed by atoms with Crippen LogP contribution in [0.25, 0.3) is 0 Å². The molecule has 1 aromatic heterocycles. The molecule has 0 aliphatic carbocycles. The molecule has 0 radical (unpaired) electrons. The van der Waals surface area contributed by atoms with E-state index in [2.05, 4.69) is 9.99 Å². The van der Waals surface area contributed by atoms with Gasteiger partial charge in [0.15, 0.2) is 12.4 Å². The van der Waals surface area contributed by atoms with E-state index in [1.165, 1.54) is 0 Å². The van der Waals surface area contributed by atoms with E-state index in [9.17, 15) is 4.79 Å². The highest BCUT2D eigenvalue weighted by Crippen LogP contribution is 2.64. The van der Waals surface area contributed by atoms with Crippen LogP contribution in [-0.4, -0.2) is 47.5 Å². The molecule has 0 N–H and O–H groups in total. The minimum atomic E-state index is -1.85. The van der Waals surface area contributed by atoms with Crippen LogP contribution in [0.4, 0.5) is 4.79 Å². The normalized spacial score (nSPS) is 18.9. The third-order valence-electron chi connectivity index (χ3n) is 2.94. The fourth-order valence-electron chi connectivity index (χ4n) is 1.98. The molecule has 1 aromatic rings. The van der Waals surface area contributed by atoms with E-state index in [1.807, 2.05) is 45.1 Å². The molecule has 0 saturated carbocycles. The summed E-state index contributed by atoms with van der Waals surface area (Å²) in [4.78, 5) is 16.6. The van der Waals surface area contributed by atoms with Gasteiger partial charge in [0.25, 0.3) is 0 Å². The van der Waals surface area contributed by atoms with Gasteiger partial charge in [0, 0.05) is 7.05 Å². The quantitative estimate of drug-likeness (QED) is 0.800. The zero-order valence-corrected chi connectivity index (χ0v) is 13.1. The molecule has 0 saturated heterocycles. The molecule has 18 heavy (non-hydrogen) atoms. The van der Waals surface area contributed by atoms with E-state index in [4.69, 9.17) is 4.74 Å². The highest BCUT2D eigenvalue weighted by atomic mass is 32.2. The van der Waals surface area contributed by atoms with Crippen LogP contribution in [0, 0.1) is 6.92 Å². The maximum Gasteiger partial charge on any atom is 0.453 e. The van der Waals surface area contributed by atoms with Gasteiger partial charge < -0.3 is 4.74 Å². The molecule has 0 fully saturated rings. The first kappa shape index (κ1) is 13.7. The number of fused-ring (bicyclic) bond motifs is 1. The summed E-state index contributed by atoms with van der Waals surface area (Å²) in [5, 5.41) is 3.15. The van der Waals surface area contributed by atoms with E-state index in [-0.39, 0.29) is 10.8 Å². The molecule has 100 valence electrons. The van der Waals surface area contributed by atoms with E-state index in [1.54, 1.807) is 11.8 Å². The lowest BCUT2D eigenvalue weighted by Crippen LogP contribution is -2.36. The second-order valence-corrected chi connectivity index (χ2v) is 10.1. The zero-order valence-electron chi connectivity index (χ0n) is 11.4. The van der Waals surface area contributed by atoms with Crippen molar-refractivity contribution in [2.24, 2.45) is 0 Å². The maximum absolute atomic E-state index is 12.1. The summed E-state index contributed by atoms with van der Waals surface area (Å²) in [5.41, 5.74) is 0.937. The van der Waals surface area contributed by atoms with Crippen molar-refractivity contribution < 1.29 is 9.53 Å². The van der Waals surface area contributed by atoms with Crippen molar-refractivity contribution in [1.82, 2.24) is 9.66 Å². The van der Waals surface area contributed by atoms with Crippen LogP contribution in [-0.2, 0) is 4.74 Å². The number of carbonyl (C=O) groups is 1. The molecular formula is C11H19N3O2PS+. The van der Waals surface area contributed by atoms with Crippen LogP contribution in [0.5, 0.6) is 0 Å². The molecule has 0 bridgehead atoms. The third-order valence-corrected chi connectivity index (χ3v) is 8.35. The Labute approximate surface area is 112 Å². The van der Waals surface area contributed by atoms with Gasteiger partial charge in [-0.05, 0) is 25.6 Å². The van der Waals surface area contributed by atoms with Crippen molar-refractivity contribution in [3.63, 3.8) is 0 Å². The van der Waals surface area contributed by atoms with Gasteiger partial charge in [-0.15, -0.1) is 0 Å². The van der Waals surface area contributed by atoms with Crippen LogP contribution in [0.2, 0.25) is 0 Å². The van der Waals surface area contributed by atoms with Gasteiger partial charge in [-0.2, -0.15) is 0 Å². The van der Waals surface area contributed by atoms with E-state index in [0.717, 1.165) is 10.9 Å². The maximum atomic E-state index is 12.1. The average Bonchev–Trinajstić information content (AvgIpc) is 2.78. The molecule has 1 atom stereocenters. The molecule has 7 heteroatoms. The summed E-state index contributed by atoms with van der Waals surface area (Å²) in [6, 6.07) is 0. The van der Waals surface area contributed by atoms with Gasteiger partial charge in [-0.3, -0.25) is 5.01 Å². The Balaban J connectivity index is 2.22. The highest BCUT2D eigenvalue weighted by molar-refractivity contribution is 8.12. The van der Waals surface area contributed by atoms with Gasteiger partial charge >= 0.3 is 5.71 Å². The summed E-state index contributed by atoms with van der Waals surface area (Å²) in [6.07, 6.45) is 1.99. The minimum absolute atomic E-state index is 0.0585. The number of aryl methyl sites for hydroxylation is 1. The molecule has 1 aliphatic heterocycles. The first-order valence-electron chi connectivity index (χ1n) is 5.84. The Bertz CT molecular complexity index is 475. The predicted molar refractivity (Wildman–Crippen MR) is 76.5 cm³/mol. The number of hydrogen-bond donors (Lipinski definition) is 0. The fourth-order valence-corrected chi connectivity index (χ4v) is 6.09. The first-order chi connectivity index (χ1) is 8.37. The predicted octanol–water partition coefficient (Wildman–Crippen LogP) is 2.58. The van der Waals surface area contributed by atoms with Crippen LogP contribution >= 0.6 is 19.0 Å². The number of hydrogen-bond acceptors (Lipinski definition) is 5. The Hall–Kier alpha value is -0.740. The minimum Gasteiger partial charge on any atom is -0.436 e. The smallest absolute Gasteiger partial charge is 0.436 e. The van der Waals surface area contributed by atoms with Gasteiger partial charge in [-0.25, -0.2) is 14.5 Å². The topological polar surface area (TPSA) is 47.4 Å². The summed E-state index contributed by atoms with van der Waals surface area (Å²) in [7, 11) is 0.145. The number of thioether (sulfide) groups is 1.